The average molecular weight is 324 g/mol. The molecule has 3 atom stereocenters. The fourth-order valence-electron chi connectivity index (χ4n) is 4.18. The first-order valence-corrected chi connectivity index (χ1v) is 8.48. The summed E-state index contributed by atoms with van der Waals surface area (Å²) in [6.07, 6.45) is 5.91. The summed E-state index contributed by atoms with van der Waals surface area (Å²) in [4.78, 5) is 40.8. The lowest BCUT2D eigenvalue weighted by atomic mass is 9.85. The maximum Gasteiger partial charge on any atom is 0.247 e. The second-order valence-electron chi connectivity index (χ2n) is 6.86. The quantitative estimate of drug-likeness (QED) is 0.617. The summed E-state index contributed by atoms with van der Waals surface area (Å²) in [7, 11) is 0. The SMILES string of the molecule is C[C@H]1Cc2ccccc2N1C(=O)CN1C(=O)[C@H]2CC=CC[C@H]2C1=O. The van der Waals surface area contributed by atoms with E-state index in [4.69, 9.17) is 0 Å². The van der Waals surface area contributed by atoms with Crippen molar-refractivity contribution in [3.63, 3.8) is 0 Å². The van der Waals surface area contributed by atoms with Crippen molar-refractivity contribution in [3.8, 4) is 0 Å². The van der Waals surface area contributed by atoms with Crippen LogP contribution in [0.25, 0.3) is 0 Å². The molecule has 124 valence electrons. The van der Waals surface area contributed by atoms with Gasteiger partial charge < -0.3 is 4.90 Å². The molecule has 0 spiro atoms. The van der Waals surface area contributed by atoms with E-state index < -0.39 is 0 Å². The number of amides is 3. The van der Waals surface area contributed by atoms with Gasteiger partial charge in [0.1, 0.15) is 6.54 Å². The fourth-order valence-corrected chi connectivity index (χ4v) is 4.18. The number of para-hydroxylation sites is 1. The minimum atomic E-state index is -0.279. The van der Waals surface area contributed by atoms with Gasteiger partial charge in [0.25, 0.3) is 0 Å². The third-order valence-corrected chi connectivity index (χ3v) is 5.37. The second-order valence-corrected chi connectivity index (χ2v) is 6.86. The molecule has 1 aromatic rings. The van der Waals surface area contributed by atoms with Crippen LogP contribution >= 0.6 is 0 Å². The van der Waals surface area contributed by atoms with Gasteiger partial charge in [-0.25, -0.2) is 0 Å². The zero-order valence-corrected chi connectivity index (χ0v) is 13.6. The average Bonchev–Trinajstić information content (AvgIpc) is 3.04. The summed E-state index contributed by atoms with van der Waals surface area (Å²) in [5.41, 5.74) is 2.03. The Bertz CT molecular complexity index is 729. The highest BCUT2D eigenvalue weighted by Gasteiger charge is 2.48. The van der Waals surface area contributed by atoms with Crippen LogP contribution in [0.15, 0.2) is 36.4 Å². The maximum atomic E-state index is 12.8. The number of nitrogens with zero attached hydrogens (tertiary/aromatic N) is 2. The first kappa shape index (κ1) is 15.1. The molecular formula is C19H20N2O3. The number of likely N-dealkylation sites (tertiary alicyclic amines) is 1. The minimum Gasteiger partial charge on any atom is -0.307 e. The summed E-state index contributed by atoms with van der Waals surface area (Å²) in [6, 6.07) is 7.86. The van der Waals surface area contributed by atoms with Crippen molar-refractivity contribution in [1.29, 1.82) is 0 Å². The van der Waals surface area contributed by atoms with Gasteiger partial charge in [0.15, 0.2) is 0 Å². The maximum absolute atomic E-state index is 12.8. The van der Waals surface area contributed by atoms with Crippen LogP contribution in [0.3, 0.4) is 0 Å². The number of carbonyl (C=O) groups excluding carboxylic acids is 3. The van der Waals surface area contributed by atoms with Gasteiger partial charge in [0.2, 0.25) is 17.7 Å². The molecule has 5 nitrogen and oxygen atoms in total. The molecule has 1 aromatic carbocycles. The van der Waals surface area contributed by atoms with Gasteiger partial charge in [-0.1, -0.05) is 30.4 Å². The Hall–Kier alpha value is -2.43. The topological polar surface area (TPSA) is 57.7 Å². The van der Waals surface area contributed by atoms with Crippen LogP contribution in [0.1, 0.15) is 25.3 Å². The van der Waals surface area contributed by atoms with Crippen LogP contribution in [-0.4, -0.2) is 35.2 Å². The number of hydrogen-bond acceptors (Lipinski definition) is 3. The van der Waals surface area contributed by atoms with Crippen LogP contribution in [0, 0.1) is 11.8 Å². The summed E-state index contributed by atoms with van der Waals surface area (Å²) < 4.78 is 0. The molecule has 24 heavy (non-hydrogen) atoms. The van der Waals surface area contributed by atoms with Gasteiger partial charge in [-0.3, -0.25) is 19.3 Å². The van der Waals surface area contributed by atoms with Crippen molar-refractivity contribution in [1.82, 2.24) is 4.90 Å². The highest BCUT2D eigenvalue weighted by Crippen LogP contribution is 2.36. The Kier molecular flexibility index (Phi) is 3.52. The summed E-state index contributed by atoms with van der Waals surface area (Å²) >= 11 is 0. The largest absolute Gasteiger partial charge is 0.307 e. The van der Waals surface area contributed by atoms with E-state index in [-0.39, 0.29) is 42.1 Å². The number of benzene rings is 1. The van der Waals surface area contributed by atoms with E-state index in [2.05, 4.69) is 0 Å². The minimum absolute atomic E-state index is 0.0478. The van der Waals surface area contributed by atoms with Gasteiger partial charge >= 0.3 is 0 Å². The number of hydrogen-bond donors (Lipinski definition) is 0. The fraction of sp³-hybridized carbons (Fsp3) is 0.421. The molecule has 0 saturated carbocycles. The molecule has 1 aliphatic carbocycles. The smallest absolute Gasteiger partial charge is 0.247 e. The molecule has 0 bridgehead atoms. The van der Waals surface area contributed by atoms with Gasteiger partial charge in [-0.2, -0.15) is 0 Å². The predicted octanol–water partition coefficient (Wildman–Crippen LogP) is 1.92. The molecule has 2 heterocycles. The molecule has 1 saturated heterocycles. The number of anilines is 1. The molecule has 2 aliphatic heterocycles. The van der Waals surface area contributed by atoms with Crippen molar-refractivity contribution in [2.24, 2.45) is 11.8 Å². The van der Waals surface area contributed by atoms with E-state index in [1.54, 1.807) is 4.90 Å². The Morgan fingerprint density at radius 1 is 1.08 bits per heavy atom. The van der Waals surface area contributed by atoms with E-state index in [1.165, 1.54) is 4.90 Å². The summed E-state index contributed by atoms with van der Waals surface area (Å²) in [5, 5.41) is 0. The molecule has 4 rings (SSSR count). The van der Waals surface area contributed by atoms with Crippen molar-refractivity contribution in [2.75, 3.05) is 11.4 Å². The second kappa shape index (κ2) is 5.58. The summed E-state index contributed by atoms with van der Waals surface area (Å²) in [5.74, 6) is -1.12. The van der Waals surface area contributed by atoms with E-state index in [0.717, 1.165) is 17.7 Å². The molecule has 0 aromatic heterocycles. The molecule has 0 N–H and O–H groups in total. The first-order valence-electron chi connectivity index (χ1n) is 8.48. The van der Waals surface area contributed by atoms with Crippen molar-refractivity contribution in [2.45, 2.75) is 32.2 Å². The molecule has 3 amide bonds. The third-order valence-electron chi connectivity index (χ3n) is 5.37. The van der Waals surface area contributed by atoms with Crippen molar-refractivity contribution >= 4 is 23.4 Å². The molecule has 0 unspecified atom stereocenters. The Morgan fingerprint density at radius 3 is 2.38 bits per heavy atom. The highest BCUT2D eigenvalue weighted by molar-refractivity contribution is 6.09. The zero-order chi connectivity index (χ0) is 16.8. The van der Waals surface area contributed by atoms with Crippen LogP contribution in [-0.2, 0) is 20.8 Å². The molecular weight excluding hydrogens is 304 g/mol. The van der Waals surface area contributed by atoms with E-state index in [0.29, 0.717) is 12.8 Å². The molecule has 1 fully saturated rings. The Labute approximate surface area is 140 Å². The van der Waals surface area contributed by atoms with Crippen LogP contribution < -0.4 is 4.90 Å². The summed E-state index contributed by atoms with van der Waals surface area (Å²) in [6.45, 7) is 1.85. The lowest BCUT2D eigenvalue weighted by Gasteiger charge is -2.25. The van der Waals surface area contributed by atoms with Gasteiger partial charge in [-0.15, -0.1) is 0 Å². The lowest BCUT2D eigenvalue weighted by molar-refractivity contribution is -0.143. The number of fused-ring (bicyclic) bond motifs is 2. The Balaban J connectivity index is 1.55. The van der Waals surface area contributed by atoms with Gasteiger partial charge in [0.05, 0.1) is 11.8 Å². The zero-order valence-electron chi connectivity index (χ0n) is 13.6. The van der Waals surface area contributed by atoms with Crippen molar-refractivity contribution < 1.29 is 14.4 Å². The number of rotatable bonds is 2. The molecule has 3 aliphatic rings. The van der Waals surface area contributed by atoms with Crippen LogP contribution in [0.5, 0.6) is 0 Å². The molecule has 0 radical (unpaired) electrons. The Morgan fingerprint density at radius 2 is 1.71 bits per heavy atom. The van der Waals surface area contributed by atoms with Crippen LogP contribution in [0.4, 0.5) is 5.69 Å². The number of imide groups is 1. The number of carbonyl (C=O) groups is 3. The van der Waals surface area contributed by atoms with Gasteiger partial charge in [0, 0.05) is 11.7 Å². The monoisotopic (exact) mass is 324 g/mol. The normalized spacial score (nSPS) is 28.3. The van der Waals surface area contributed by atoms with E-state index in [1.807, 2.05) is 43.3 Å². The van der Waals surface area contributed by atoms with Gasteiger partial charge in [-0.05, 0) is 37.8 Å². The highest BCUT2D eigenvalue weighted by atomic mass is 16.2. The van der Waals surface area contributed by atoms with Crippen molar-refractivity contribution in [3.05, 3.63) is 42.0 Å². The third kappa shape index (κ3) is 2.19. The predicted molar refractivity (Wildman–Crippen MR) is 89.2 cm³/mol. The lowest BCUT2D eigenvalue weighted by Crippen LogP contribution is -2.45. The van der Waals surface area contributed by atoms with E-state index in [9.17, 15) is 14.4 Å². The van der Waals surface area contributed by atoms with Crippen LogP contribution in [0.2, 0.25) is 0 Å². The first-order chi connectivity index (χ1) is 11.6. The standard InChI is InChI=1S/C19H20N2O3/c1-12-10-13-6-2-5-9-16(13)21(12)17(22)11-20-18(23)14-7-3-4-8-15(14)19(20)24/h2-6,9,12,14-15H,7-8,10-11H2,1H3/t12-,14-,15+/m0/s1. The molecule has 5 heteroatoms. The van der Waals surface area contributed by atoms with E-state index >= 15 is 0 Å². The number of allylic oxidation sites excluding steroid dienone is 2.